The predicted molar refractivity (Wildman–Crippen MR) is 53.8 cm³/mol. The van der Waals surface area contributed by atoms with Crippen LogP contribution in [0.25, 0.3) is 0 Å². The van der Waals surface area contributed by atoms with Gasteiger partial charge in [-0.15, -0.1) is 0 Å². The van der Waals surface area contributed by atoms with Crippen molar-refractivity contribution in [3.8, 4) is 5.75 Å². The molecule has 0 aliphatic rings. The highest BCUT2D eigenvalue weighted by Crippen LogP contribution is 2.30. The Bertz CT molecular complexity index is 458. The van der Waals surface area contributed by atoms with Gasteiger partial charge in [-0.05, 0) is 6.07 Å². The predicted octanol–water partition coefficient (Wildman–Crippen LogP) is 0.578. The first-order valence-corrected chi connectivity index (χ1v) is 5.44. The van der Waals surface area contributed by atoms with E-state index in [0.29, 0.717) is 0 Å². The second-order valence-corrected chi connectivity index (χ2v) is 4.51. The van der Waals surface area contributed by atoms with Gasteiger partial charge < -0.3 is 10.5 Å². The van der Waals surface area contributed by atoms with Crippen molar-refractivity contribution in [1.82, 2.24) is 0 Å². The highest BCUT2D eigenvalue weighted by atomic mass is 35.5. The molecule has 14 heavy (non-hydrogen) atoms. The SMILES string of the molecule is COc1cc(N)c(Cl)cc1S(N)(=O)=O. The summed E-state index contributed by atoms with van der Waals surface area (Å²) in [7, 11) is -2.53. The zero-order valence-electron chi connectivity index (χ0n) is 7.32. The van der Waals surface area contributed by atoms with Gasteiger partial charge in [-0.1, -0.05) is 11.6 Å². The van der Waals surface area contributed by atoms with Crippen molar-refractivity contribution < 1.29 is 13.2 Å². The standard InChI is InChI=1S/C7H9ClN2O3S/c1-13-6-3-5(9)4(8)2-7(6)14(10,11)12/h2-3H,9H2,1H3,(H2,10,11,12). The van der Waals surface area contributed by atoms with E-state index in [4.69, 9.17) is 27.2 Å². The number of sulfonamides is 1. The third-order valence-corrected chi connectivity index (χ3v) is 2.85. The summed E-state index contributed by atoms with van der Waals surface area (Å²) in [5.41, 5.74) is 5.69. The van der Waals surface area contributed by atoms with Crippen LogP contribution >= 0.6 is 11.6 Å². The van der Waals surface area contributed by atoms with Crippen molar-refractivity contribution in [1.29, 1.82) is 0 Å². The second-order valence-electron chi connectivity index (χ2n) is 2.57. The Labute approximate surface area is 86.7 Å². The van der Waals surface area contributed by atoms with Crippen LogP contribution < -0.4 is 15.6 Å². The molecule has 0 saturated heterocycles. The molecule has 0 spiro atoms. The van der Waals surface area contributed by atoms with Crippen LogP contribution in [0.3, 0.4) is 0 Å². The molecule has 0 aliphatic carbocycles. The Kier molecular flexibility index (Phi) is 2.89. The van der Waals surface area contributed by atoms with Gasteiger partial charge in [0.25, 0.3) is 0 Å². The molecule has 1 rings (SSSR count). The van der Waals surface area contributed by atoms with E-state index in [1.165, 1.54) is 13.2 Å². The van der Waals surface area contributed by atoms with Crippen molar-refractivity contribution in [3.05, 3.63) is 17.2 Å². The smallest absolute Gasteiger partial charge is 0.241 e. The van der Waals surface area contributed by atoms with Crippen molar-refractivity contribution >= 4 is 27.3 Å². The summed E-state index contributed by atoms with van der Waals surface area (Å²) in [6.45, 7) is 0. The number of rotatable bonds is 2. The van der Waals surface area contributed by atoms with Crippen molar-refractivity contribution in [2.45, 2.75) is 4.90 Å². The van der Waals surface area contributed by atoms with E-state index >= 15 is 0 Å². The van der Waals surface area contributed by atoms with E-state index in [0.717, 1.165) is 6.07 Å². The Morgan fingerprint density at radius 1 is 1.43 bits per heavy atom. The molecule has 4 N–H and O–H groups in total. The molecular weight excluding hydrogens is 228 g/mol. The van der Waals surface area contributed by atoms with Gasteiger partial charge in [-0.2, -0.15) is 0 Å². The van der Waals surface area contributed by atoms with Crippen molar-refractivity contribution in [3.63, 3.8) is 0 Å². The van der Waals surface area contributed by atoms with Crippen molar-refractivity contribution in [2.75, 3.05) is 12.8 Å². The molecule has 0 amide bonds. The zero-order chi connectivity index (χ0) is 10.9. The van der Waals surface area contributed by atoms with Crippen LogP contribution in [0.15, 0.2) is 17.0 Å². The van der Waals surface area contributed by atoms with E-state index in [1.807, 2.05) is 0 Å². The number of halogens is 1. The van der Waals surface area contributed by atoms with Crippen LogP contribution in [0, 0.1) is 0 Å². The summed E-state index contributed by atoms with van der Waals surface area (Å²) in [6.07, 6.45) is 0. The number of hydrogen-bond acceptors (Lipinski definition) is 4. The quantitative estimate of drug-likeness (QED) is 0.734. The van der Waals surface area contributed by atoms with E-state index in [-0.39, 0.29) is 21.4 Å². The lowest BCUT2D eigenvalue weighted by molar-refractivity contribution is 0.403. The minimum Gasteiger partial charge on any atom is -0.495 e. The minimum absolute atomic E-state index is 0.0781. The molecule has 0 unspecified atom stereocenters. The molecule has 0 bridgehead atoms. The first-order valence-electron chi connectivity index (χ1n) is 3.52. The average molecular weight is 237 g/mol. The lowest BCUT2D eigenvalue weighted by atomic mass is 10.3. The number of anilines is 1. The molecule has 0 atom stereocenters. The van der Waals surface area contributed by atoms with E-state index in [2.05, 4.69) is 0 Å². The number of ether oxygens (including phenoxy) is 1. The van der Waals surface area contributed by atoms with Gasteiger partial charge in [-0.25, -0.2) is 13.6 Å². The molecule has 1 aromatic carbocycles. The fourth-order valence-electron chi connectivity index (χ4n) is 0.933. The molecule has 0 aromatic heterocycles. The third-order valence-electron chi connectivity index (χ3n) is 1.59. The summed E-state index contributed by atoms with van der Waals surface area (Å²) >= 11 is 5.65. The van der Waals surface area contributed by atoms with Gasteiger partial charge in [0.15, 0.2) is 0 Å². The average Bonchev–Trinajstić information content (AvgIpc) is 2.07. The van der Waals surface area contributed by atoms with Gasteiger partial charge in [0.2, 0.25) is 10.0 Å². The number of nitrogens with two attached hydrogens (primary N) is 2. The highest BCUT2D eigenvalue weighted by Gasteiger charge is 2.16. The van der Waals surface area contributed by atoms with Crippen LogP contribution in [-0.2, 0) is 10.0 Å². The summed E-state index contributed by atoms with van der Waals surface area (Å²) < 4.78 is 27.0. The molecule has 0 fully saturated rings. The second kappa shape index (κ2) is 3.64. The van der Waals surface area contributed by atoms with Gasteiger partial charge >= 0.3 is 0 Å². The molecule has 7 heteroatoms. The van der Waals surface area contributed by atoms with E-state index in [1.54, 1.807) is 0 Å². The Hall–Kier alpha value is -0.980. The number of primary sulfonamides is 1. The Morgan fingerprint density at radius 3 is 2.43 bits per heavy atom. The maximum Gasteiger partial charge on any atom is 0.241 e. The van der Waals surface area contributed by atoms with Gasteiger partial charge in [-0.3, -0.25) is 0 Å². The maximum absolute atomic E-state index is 11.1. The molecule has 1 aromatic rings. The zero-order valence-corrected chi connectivity index (χ0v) is 8.89. The first-order chi connectivity index (χ1) is 6.36. The number of hydrogen-bond donors (Lipinski definition) is 2. The van der Waals surface area contributed by atoms with Crippen molar-refractivity contribution in [2.24, 2.45) is 5.14 Å². The molecule has 5 nitrogen and oxygen atoms in total. The summed E-state index contributed by atoms with van der Waals surface area (Å²) in [5.74, 6) is 0.0781. The Morgan fingerprint density at radius 2 is 2.00 bits per heavy atom. The normalized spacial score (nSPS) is 11.4. The van der Waals surface area contributed by atoms with Gasteiger partial charge in [0.1, 0.15) is 10.6 Å². The minimum atomic E-state index is -3.85. The highest BCUT2D eigenvalue weighted by molar-refractivity contribution is 7.89. The molecule has 0 aliphatic heterocycles. The lowest BCUT2D eigenvalue weighted by Gasteiger charge is -2.08. The number of nitrogen functional groups attached to an aromatic ring is 1. The monoisotopic (exact) mass is 236 g/mol. The topological polar surface area (TPSA) is 95.4 Å². The molecule has 0 radical (unpaired) electrons. The fourth-order valence-corrected chi connectivity index (χ4v) is 1.87. The fraction of sp³-hybridized carbons (Fsp3) is 0.143. The largest absolute Gasteiger partial charge is 0.495 e. The van der Waals surface area contributed by atoms with E-state index in [9.17, 15) is 8.42 Å². The molecule has 78 valence electrons. The first kappa shape index (κ1) is 11.1. The van der Waals surface area contributed by atoms with Gasteiger partial charge in [0, 0.05) is 6.07 Å². The Balaban J connectivity index is 3.51. The van der Waals surface area contributed by atoms with E-state index < -0.39 is 10.0 Å². The molecular formula is C7H9ClN2O3S. The summed E-state index contributed by atoms with van der Waals surface area (Å²) in [5, 5.41) is 5.07. The molecule has 0 saturated carbocycles. The van der Waals surface area contributed by atoms with Crippen LogP contribution in [0.2, 0.25) is 5.02 Å². The maximum atomic E-state index is 11.1. The van der Waals surface area contributed by atoms with Crippen LogP contribution in [0.1, 0.15) is 0 Å². The number of methoxy groups -OCH3 is 1. The van der Waals surface area contributed by atoms with Gasteiger partial charge in [0.05, 0.1) is 17.8 Å². The lowest BCUT2D eigenvalue weighted by Crippen LogP contribution is -2.13. The molecule has 0 heterocycles. The number of benzene rings is 1. The summed E-state index contributed by atoms with van der Waals surface area (Å²) in [6, 6.07) is 2.47. The van der Waals surface area contributed by atoms with Crippen LogP contribution in [0.5, 0.6) is 5.75 Å². The summed E-state index contributed by atoms with van der Waals surface area (Å²) in [4.78, 5) is -0.181. The third kappa shape index (κ3) is 2.09. The van der Waals surface area contributed by atoms with Crippen LogP contribution in [0.4, 0.5) is 5.69 Å². The van der Waals surface area contributed by atoms with Crippen LogP contribution in [-0.4, -0.2) is 15.5 Å².